The molecule has 0 spiro atoms. The van der Waals surface area contributed by atoms with E-state index in [-0.39, 0.29) is 0 Å². The second-order valence-electron chi connectivity index (χ2n) is 5.34. The summed E-state index contributed by atoms with van der Waals surface area (Å²) in [6, 6.07) is 7.40. The predicted octanol–water partition coefficient (Wildman–Crippen LogP) is 2.40. The lowest BCUT2D eigenvalue weighted by atomic mass is 9.91. The van der Waals surface area contributed by atoms with Gasteiger partial charge in [-0.3, -0.25) is 0 Å². The first kappa shape index (κ1) is 12.6. The quantitative estimate of drug-likeness (QED) is 0.878. The van der Waals surface area contributed by atoms with E-state index in [1.165, 1.54) is 25.7 Å². The standard InChI is InChI=1S/C15H22N2O2/c1-16-11-2-4-12(5-3-11)17-13-6-7-14-15(10-13)19-9-8-18-14/h6-7,10-12,16-17H,2-5,8-9H2,1H3. The van der Waals surface area contributed by atoms with Gasteiger partial charge in [-0.1, -0.05) is 0 Å². The van der Waals surface area contributed by atoms with E-state index in [1.54, 1.807) is 0 Å². The molecule has 2 N–H and O–H groups in total. The molecule has 0 amide bonds. The molecule has 0 bridgehead atoms. The fraction of sp³-hybridized carbons (Fsp3) is 0.600. The molecule has 4 heteroatoms. The summed E-state index contributed by atoms with van der Waals surface area (Å²) in [5.74, 6) is 1.72. The van der Waals surface area contributed by atoms with E-state index < -0.39 is 0 Å². The van der Waals surface area contributed by atoms with E-state index in [1.807, 2.05) is 6.07 Å². The fourth-order valence-electron chi connectivity index (χ4n) is 2.90. The number of benzene rings is 1. The van der Waals surface area contributed by atoms with Gasteiger partial charge in [0, 0.05) is 23.8 Å². The summed E-state index contributed by atoms with van der Waals surface area (Å²) >= 11 is 0. The Hall–Kier alpha value is -1.42. The van der Waals surface area contributed by atoms with Crippen LogP contribution in [0.5, 0.6) is 11.5 Å². The molecule has 104 valence electrons. The van der Waals surface area contributed by atoms with Crippen molar-refractivity contribution in [2.24, 2.45) is 0 Å². The minimum absolute atomic E-state index is 0.576. The van der Waals surface area contributed by atoms with Gasteiger partial charge >= 0.3 is 0 Å². The van der Waals surface area contributed by atoms with Crippen molar-refractivity contribution in [1.82, 2.24) is 5.32 Å². The highest BCUT2D eigenvalue weighted by atomic mass is 16.6. The van der Waals surface area contributed by atoms with Gasteiger partial charge in [-0.15, -0.1) is 0 Å². The lowest BCUT2D eigenvalue weighted by Crippen LogP contribution is -2.34. The largest absolute Gasteiger partial charge is 0.486 e. The van der Waals surface area contributed by atoms with Gasteiger partial charge in [-0.05, 0) is 44.9 Å². The van der Waals surface area contributed by atoms with Gasteiger partial charge in [0.05, 0.1) is 0 Å². The molecule has 19 heavy (non-hydrogen) atoms. The average molecular weight is 262 g/mol. The van der Waals surface area contributed by atoms with Gasteiger partial charge in [0.15, 0.2) is 11.5 Å². The molecule has 0 aromatic heterocycles. The zero-order valence-electron chi connectivity index (χ0n) is 11.4. The van der Waals surface area contributed by atoms with Gasteiger partial charge < -0.3 is 20.1 Å². The number of hydrogen-bond acceptors (Lipinski definition) is 4. The van der Waals surface area contributed by atoms with E-state index in [2.05, 4.69) is 29.8 Å². The Kier molecular flexibility index (Phi) is 3.78. The van der Waals surface area contributed by atoms with Gasteiger partial charge in [0.1, 0.15) is 13.2 Å². The van der Waals surface area contributed by atoms with Crippen molar-refractivity contribution in [2.45, 2.75) is 37.8 Å². The van der Waals surface area contributed by atoms with Crippen LogP contribution in [0.2, 0.25) is 0 Å². The molecule has 1 aliphatic carbocycles. The maximum Gasteiger partial charge on any atom is 0.163 e. The lowest BCUT2D eigenvalue weighted by Gasteiger charge is -2.30. The third-order valence-electron chi connectivity index (χ3n) is 4.05. The number of anilines is 1. The Morgan fingerprint density at radius 1 is 0.947 bits per heavy atom. The molecule has 1 aromatic carbocycles. The highest BCUT2D eigenvalue weighted by Crippen LogP contribution is 2.33. The summed E-state index contributed by atoms with van der Waals surface area (Å²) in [7, 11) is 2.05. The Balaban J connectivity index is 1.61. The number of nitrogens with one attached hydrogen (secondary N) is 2. The molecular weight excluding hydrogens is 240 g/mol. The second-order valence-corrected chi connectivity index (χ2v) is 5.34. The van der Waals surface area contributed by atoms with Gasteiger partial charge in [0.2, 0.25) is 0 Å². The van der Waals surface area contributed by atoms with E-state index >= 15 is 0 Å². The summed E-state index contributed by atoms with van der Waals surface area (Å²) in [5.41, 5.74) is 1.14. The molecule has 0 saturated heterocycles. The first-order chi connectivity index (χ1) is 9.35. The molecule has 1 saturated carbocycles. The summed E-state index contributed by atoms with van der Waals surface area (Å²) in [4.78, 5) is 0. The van der Waals surface area contributed by atoms with Crippen molar-refractivity contribution in [1.29, 1.82) is 0 Å². The van der Waals surface area contributed by atoms with Crippen molar-refractivity contribution in [2.75, 3.05) is 25.6 Å². The normalized spacial score (nSPS) is 25.9. The molecule has 1 fully saturated rings. The van der Waals surface area contributed by atoms with Gasteiger partial charge in [-0.2, -0.15) is 0 Å². The Bertz CT molecular complexity index is 428. The molecule has 4 nitrogen and oxygen atoms in total. The third-order valence-corrected chi connectivity index (χ3v) is 4.05. The smallest absolute Gasteiger partial charge is 0.163 e. The van der Waals surface area contributed by atoms with E-state index in [9.17, 15) is 0 Å². The van der Waals surface area contributed by atoms with Crippen LogP contribution in [0.15, 0.2) is 18.2 Å². The number of fused-ring (bicyclic) bond motifs is 1. The van der Waals surface area contributed by atoms with Crippen molar-refractivity contribution in [3.8, 4) is 11.5 Å². The van der Waals surface area contributed by atoms with Gasteiger partial charge in [-0.25, -0.2) is 0 Å². The molecule has 1 aliphatic heterocycles. The highest BCUT2D eigenvalue weighted by molar-refractivity contribution is 5.55. The Morgan fingerprint density at radius 3 is 2.37 bits per heavy atom. The van der Waals surface area contributed by atoms with E-state index in [4.69, 9.17) is 9.47 Å². The van der Waals surface area contributed by atoms with Crippen molar-refractivity contribution in [3.05, 3.63) is 18.2 Å². The maximum absolute atomic E-state index is 5.61. The Labute approximate surface area is 114 Å². The third kappa shape index (κ3) is 2.95. The van der Waals surface area contributed by atoms with Crippen LogP contribution in [-0.4, -0.2) is 32.3 Å². The zero-order chi connectivity index (χ0) is 13.1. The molecular formula is C15H22N2O2. The minimum atomic E-state index is 0.576. The molecule has 3 rings (SSSR count). The number of ether oxygens (including phenoxy) is 2. The van der Waals surface area contributed by atoms with Crippen molar-refractivity contribution < 1.29 is 9.47 Å². The minimum Gasteiger partial charge on any atom is -0.486 e. The highest BCUT2D eigenvalue weighted by Gasteiger charge is 2.20. The lowest BCUT2D eigenvalue weighted by molar-refractivity contribution is 0.171. The first-order valence-corrected chi connectivity index (χ1v) is 7.18. The zero-order valence-corrected chi connectivity index (χ0v) is 11.4. The van der Waals surface area contributed by atoms with Crippen molar-refractivity contribution in [3.63, 3.8) is 0 Å². The molecule has 0 atom stereocenters. The van der Waals surface area contributed by atoms with Gasteiger partial charge in [0.25, 0.3) is 0 Å². The topological polar surface area (TPSA) is 42.5 Å². The van der Waals surface area contributed by atoms with E-state index in [0.717, 1.165) is 17.2 Å². The molecule has 2 aliphatic rings. The van der Waals surface area contributed by atoms with Crippen LogP contribution >= 0.6 is 0 Å². The van der Waals surface area contributed by atoms with Crippen LogP contribution in [-0.2, 0) is 0 Å². The van der Waals surface area contributed by atoms with Crippen LogP contribution in [0.1, 0.15) is 25.7 Å². The first-order valence-electron chi connectivity index (χ1n) is 7.18. The van der Waals surface area contributed by atoms with Crippen LogP contribution in [0, 0.1) is 0 Å². The van der Waals surface area contributed by atoms with Crippen LogP contribution < -0.4 is 20.1 Å². The molecule has 1 aromatic rings. The molecule has 0 radical (unpaired) electrons. The summed E-state index contributed by atoms with van der Waals surface area (Å²) in [6.07, 6.45) is 4.94. The predicted molar refractivity (Wildman–Crippen MR) is 76.2 cm³/mol. The fourth-order valence-corrected chi connectivity index (χ4v) is 2.90. The summed E-state index contributed by atoms with van der Waals surface area (Å²) < 4.78 is 11.1. The second kappa shape index (κ2) is 5.70. The van der Waals surface area contributed by atoms with E-state index in [0.29, 0.717) is 25.3 Å². The monoisotopic (exact) mass is 262 g/mol. The molecule has 0 unspecified atom stereocenters. The summed E-state index contributed by atoms with van der Waals surface area (Å²) in [6.45, 7) is 1.29. The Morgan fingerprint density at radius 2 is 1.63 bits per heavy atom. The SMILES string of the molecule is CNC1CCC(Nc2ccc3c(c2)OCCO3)CC1. The van der Waals surface area contributed by atoms with Crippen LogP contribution in [0.3, 0.4) is 0 Å². The maximum atomic E-state index is 5.61. The number of hydrogen-bond donors (Lipinski definition) is 2. The van der Waals surface area contributed by atoms with Crippen molar-refractivity contribution >= 4 is 5.69 Å². The van der Waals surface area contributed by atoms with Crippen LogP contribution in [0.4, 0.5) is 5.69 Å². The van der Waals surface area contributed by atoms with Crippen LogP contribution in [0.25, 0.3) is 0 Å². The summed E-state index contributed by atoms with van der Waals surface area (Å²) in [5, 5.41) is 6.98. The average Bonchev–Trinajstić information content (AvgIpc) is 2.48. The number of rotatable bonds is 3. The molecule has 1 heterocycles.